The number of aromatic nitrogens is 1. The predicted molar refractivity (Wildman–Crippen MR) is 184 cm³/mol. The zero-order valence-electron chi connectivity index (χ0n) is 29.1. The molecular weight excluding hydrogens is 652 g/mol. The number of oxazole rings is 1. The van der Waals surface area contributed by atoms with Crippen LogP contribution in [0.25, 0.3) is 11.1 Å². The van der Waals surface area contributed by atoms with Gasteiger partial charge in [-0.2, -0.15) is 9.29 Å². The molecule has 49 heavy (non-hydrogen) atoms. The van der Waals surface area contributed by atoms with Crippen molar-refractivity contribution >= 4 is 33.1 Å². The van der Waals surface area contributed by atoms with E-state index in [2.05, 4.69) is 15.6 Å². The van der Waals surface area contributed by atoms with Crippen molar-refractivity contribution in [1.29, 1.82) is 0 Å². The van der Waals surface area contributed by atoms with Crippen LogP contribution in [0.5, 0.6) is 5.75 Å². The highest BCUT2D eigenvalue weighted by Crippen LogP contribution is 2.34. The molecule has 2 saturated heterocycles. The van der Waals surface area contributed by atoms with Gasteiger partial charge in [-0.25, -0.2) is 8.42 Å². The Kier molecular flexibility index (Phi) is 12.2. The lowest BCUT2D eigenvalue weighted by atomic mass is 9.90. The smallest absolute Gasteiger partial charge is 0.306 e. The van der Waals surface area contributed by atoms with Crippen LogP contribution < -0.4 is 15.4 Å². The van der Waals surface area contributed by atoms with Crippen LogP contribution in [0, 0.1) is 17.8 Å². The van der Waals surface area contributed by atoms with E-state index in [-0.39, 0.29) is 54.9 Å². The Balaban J connectivity index is 1.36. The summed E-state index contributed by atoms with van der Waals surface area (Å²) in [6, 6.07) is 12.3. The minimum atomic E-state index is -4.09. The van der Waals surface area contributed by atoms with E-state index >= 15 is 0 Å². The van der Waals surface area contributed by atoms with Gasteiger partial charge in [0.15, 0.2) is 11.9 Å². The number of hydrogen-bond acceptors (Lipinski definition) is 12. The maximum absolute atomic E-state index is 14.1. The van der Waals surface area contributed by atoms with Gasteiger partial charge in [0.1, 0.15) is 17.4 Å². The number of carbonyl (C=O) groups excluding carboxylic acids is 1. The van der Waals surface area contributed by atoms with Gasteiger partial charge in [0.25, 0.3) is 6.01 Å². The minimum absolute atomic E-state index is 0.0000201. The first-order chi connectivity index (χ1) is 23.4. The number of aliphatic hydroxyl groups is 1. The van der Waals surface area contributed by atoms with E-state index in [0.717, 1.165) is 12.1 Å². The molecular formula is C35H50N4O9S. The Bertz CT molecular complexity index is 1640. The van der Waals surface area contributed by atoms with Gasteiger partial charge < -0.3 is 39.1 Å². The zero-order chi connectivity index (χ0) is 35.3. The number of nitrogens with zero attached hydrogens (tertiary/aromatic N) is 2. The van der Waals surface area contributed by atoms with E-state index < -0.39 is 40.4 Å². The molecule has 3 heterocycles. The van der Waals surface area contributed by atoms with Crippen molar-refractivity contribution in [2.24, 2.45) is 17.8 Å². The first-order valence-corrected chi connectivity index (χ1v) is 18.5. The number of aliphatic hydroxyl groups excluding tert-OH is 1. The molecule has 3 aromatic rings. The summed E-state index contributed by atoms with van der Waals surface area (Å²) in [4.78, 5) is 17.9. The summed E-state index contributed by atoms with van der Waals surface area (Å²) < 4.78 is 58.1. The second-order valence-electron chi connectivity index (χ2n) is 13.6. The second-order valence-corrected chi connectivity index (χ2v) is 15.5. The Morgan fingerprint density at radius 2 is 1.82 bits per heavy atom. The van der Waals surface area contributed by atoms with Crippen molar-refractivity contribution < 1.29 is 41.7 Å². The molecule has 0 amide bonds. The number of fused-ring (bicyclic) bond motifs is 2. The van der Waals surface area contributed by atoms with E-state index in [0.29, 0.717) is 35.9 Å². The molecule has 2 fully saturated rings. The maximum Gasteiger partial charge on any atom is 0.306 e. The van der Waals surface area contributed by atoms with Gasteiger partial charge in [-0.1, -0.05) is 32.9 Å². The van der Waals surface area contributed by atoms with E-state index in [4.69, 9.17) is 23.4 Å². The number of sulfonamides is 1. The molecule has 14 heteroatoms. The van der Waals surface area contributed by atoms with Crippen LogP contribution in [-0.2, 0) is 35.4 Å². The molecule has 1 aromatic heterocycles. The highest BCUT2D eigenvalue weighted by molar-refractivity contribution is 7.89. The lowest BCUT2D eigenvalue weighted by Crippen LogP contribution is -2.44. The molecule has 0 aliphatic carbocycles. The standard InChI is InChI=1S/C35H50N4O9S/c1-7-36-28-19-45-34-33(28)31(20-46-34)47-32(41)15-24(14-23-8-10-25(44-6)11-9-23)29(40)18-39(17-21(2)3)49(42,43)26-12-13-27-30(16-26)48-35(38-27)37-22(4)5/h8-13,16,21-22,24,28-29,31,33-34,36,40H,7,14-15,17-20H2,1-6H3,(H,37,38)/t24-,28+,29-,31+,33+,34-/m1/s1. The highest BCUT2D eigenvalue weighted by atomic mass is 32.2. The van der Waals surface area contributed by atoms with Gasteiger partial charge in [0.2, 0.25) is 10.0 Å². The average molecular weight is 703 g/mol. The summed E-state index contributed by atoms with van der Waals surface area (Å²) in [5.74, 6) is -0.658. The lowest BCUT2D eigenvalue weighted by Gasteiger charge is -2.30. The van der Waals surface area contributed by atoms with Gasteiger partial charge >= 0.3 is 5.97 Å². The van der Waals surface area contributed by atoms with Gasteiger partial charge in [-0.15, -0.1) is 0 Å². The normalized spacial score (nSPS) is 22.2. The number of esters is 1. The molecule has 6 atom stereocenters. The topological polar surface area (TPSA) is 162 Å². The van der Waals surface area contributed by atoms with Gasteiger partial charge in [0, 0.05) is 37.2 Å². The fraction of sp³-hybridized carbons (Fsp3) is 0.600. The second kappa shape index (κ2) is 16.2. The third-order valence-electron chi connectivity index (χ3n) is 8.82. The van der Waals surface area contributed by atoms with Crippen LogP contribution in [-0.4, -0.2) is 99.3 Å². The number of ether oxygens (including phenoxy) is 4. The molecule has 5 rings (SSSR count). The number of hydrogen-bond donors (Lipinski definition) is 3. The summed E-state index contributed by atoms with van der Waals surface area (Å²) >= 11 is 0. The summed E-state index contributed by atoms with van der Waals surface area (Å²) in [6.07, 6.45) is -1.95. The summed E-state index contributed by atoms with van der Waals surface area (Å²) in [5, 5.41) is 18.2. The molecule has 0 spiro atoms. The number of methoxy groups -OCH3 is 1. The summed E-state index contributed by atoms with van der Waals surface area (Å²) in [7, 11) is -2.51. The number of rotatable bonds is 17. The molecule has 0 bridgehead atoms. The Hall–Kier alpha value is -3.27. The molecule has 2 aliphatic heterocycles. The highest BCUT2D eigenvalue weighted by Gasteiger charge is 2.49. The monoisotopic (exact) mass is 702 g/mol. The van der Waals surface area contributed by atoms with Crippen LogP contribution in [0.4, 0.5) is 6.01 Å². The lowest BCUT2D eigenvalue weighted by molar-refractivity contribution is -0.153. The quantitative estimate of drug-likeness (QED) is 0.175. The number of carbonyl (C=O) groups is 1. The van der Waals surface area contributed by atoms with Crippen LogP contribution in [0.1, 0.15) is 46.6 Å². The molecule has 3 N–H and O–H groups in total. The van der Waals surface area contributed by atoms with Crippen molar-refractivity contribution in [2.75, 3.05) is 45.3 Å². The first-order valence-electron chi connectivity index (χ1n) is 17.0. The van der Waals surface area contributed by atoms with E-state index in [1.165, 1.54) is 16.4 Å². The number of benzene rings is 2. The van der Waals surface area contributed by atoms with Crippen LogP contribution in [0.15, 0.2) is 51.8 Å². The summed E-state index contributed by atoms with van der Waals surface area (Å²) in [5.41, 5.74) is 1.71. The third-order valence-corrected chi connectivity index (χ3v) is 10.6. The van der Waals surface area contributed by atoms with E-state index in [9.17, 15) is 18.3 Å². The molecule has 0 unspecified atom stereocenters. The molecule has 0 radical (unpaired) electrons. The third kappa shape index (κ3) is 9.10. The SMILES string of the molecule is CCN[C@H]1CO[C@@H]2OC[C@H](OC(=O)C[C@@H](Cc3ccc(OC)cc3)[C@H](O)CN(CC(C)C)S(=O)(=O)c3ccc4nc(NC(C)C)oc4c3)[C@@H]21. The first kappa shape index (κ1) is 37.0. The average Bonchev–Trinajstić information content (AvgIpc) is 3.76. The van der Waals surface area contributed by atoms with Crippen LogP contribution in [0.2, 0.25) is 0 Å². The maximum atomic E-state index is 14.1. The number of likely N-dealkylation sites (N-methyl/N-ethyl adjacent to an activating group) is 1. The van der Waals surface area contributed by atoms with Crippen LogP contribution >= 0.6 is 0 Å². The van der Waals surface area contributed by atoms with Gasteiger partial charge in [-0.3, -0.25) is 4.79 Å². The zero-order valence-corrected chi connectivity index (χ0v) is 29.9. The Labute approximate surface area is 288 Å². The minimum Gasteiger partial charge on any atom is -0.497 e. The molecule has 13 nitrogen and oxygen atoms in total. The van der Waals surface area contributed by atoms with E-state index in [1.807, 2.05) is 58.9 Å². The Morgan fingerprint density at radius 1 is 1.08 bits per heavy atom. The van der Waals surface area contributed by atoms with Crippen LogP contribution in [0.3, 0.4) is 0 Å². The van der Waals surface area contributed by atoms with Gasteiger partial charge in [-0.05, 0) is 62.6 Å². The van der Waals surface area contributed by atoms with Crippen molar-refractivity contribution in [2.45, 2.75) is 82.9 Å². The predicted octanol–water partition coefficient (Wildman–Crippen LogP) is 3.81. The largest absolute Gasteiger partial charge is 0.497 e. The van der Waals surface area contributed by atoms with Crippen molar-refractivity contribution in [3.8, 4) is 5.75 Å². The fourth-order valence-corrected chi connectivity index (χ4v) is 8.11. The molecule has 270 valence electrons. The van der Waals surface area contributed by atoms with Crippen molar-refractivity contribution in [1.82, 2.24) is 14.6 Å². The van der Waals surface area contributed by atoms with Crippen molar-refractivity contribution in [3.63, 3.8) is 0 Å². The van der Waals surface area contributed by atoms with E-state index in [1.54, 1.807) is 13.2 Å². The molecule has 0 saturated carbocycles. The van der Waals surface area contributed by atoms with Crippen molar-refractivity contribution in [3.05, 3.63) is 48.0 Å². The summed E-state index contributed by atoms with van der Waals surface area (Å²) in [6.45, 7) is 11.1. The molecule has 2 aliphatic rings. The fourth-order valence-electron chi connectivity index (χ4n) is 6.47. The number of anilines is 1. The Morgan fingerprint density at radius 3 is 2.49 bits per heavy atom. The number of nitrogens with one attached hydrogen (secondary N) is 2. The molecule has 2 aromatic carbocycles. The van der Waals surface area contributed by atoms with Gasteiger partial charge in [0.05, 0.1) is 43.7 Å².